The van der Waals surface area contributed by atoms with Crippen molar-refractivity contribution in [2.45, 2.75) is 27.3 Å². The van der Waals surface area contributed by atoms with Gasteiger partial charge in [-0.15, -0.1) is 0 Å². The number of rotatable bonds is 2. The third kappa shape index (κ3) is 2.13. The fraction of sp³-hybridized carbons (Fsp3) is 0.250. The molecule has 20 heavy (non-hydrogen) atoms. The molecule has 2 aromatic heterocycles. The normalized spacial score (nSPS) is 11.2. The van der Waals surface area contributed by atoms with Gasteiger partial charge in [-0.3, -0.25) is 4.98 Å². The van der Waals surface area contributed by atoms with Crippen molar-refractivity contribution in [1.82, 2.24) is 14.5 Å². The number of aryl methyl sites for hydroxylation is 3. The molecular formula is C16H17N3O. The lowest BCUT2D eigenvalue weighted by atomic mass is 10.1. The average molecular weight is 267 g/mol. The maximum Gasteiger partial charge on any atom is 0.138 e. The molecule has 0 aliphatic rings. The fourth-order valence-electron chi connectivity index (χ4n) is 2.52. The minimum Gasteiger partial charge on any atom is -0.506 e. The van der Waals surface area contributed by atoms with Gasteiger partial charge < -0.3 is 9.67 Å². The van der Waals surface area contributed by atoms with Crippen LogP contribution in [0.1, 0.15) is 22.5 Å². The van der Waals surface area contributed by atoms with Crippen LogP contribution in [-0.4, -0.2) is 19.6 Å². The molecule has 2 heterocycles. The number of pyridine rings is 1. The Balaban J connectivity index is 2.09. The van der Waals surface area contributed by atoms with Crippen LogP contribution in [0.4, 0.5) is 0 Å². The lowest BCUT2D eigenvalue weighted by Crippen LogP contribution is -2.02. The first-order valence-corrected chi connectivity index (χ1v) is 6.62. The molecule has 1 N–H and O–H groups in total. The topological polar surface area (TPSA) is 50.9 Å². The minimum atomic E-state index is 0.224. The van der Waals surface area contributed by atoms with Crippen LogP contribution in [0.2, 0.25) is 0 Å². The van der Waals surface area contributed by atoms with Crippen LogP contribution in [0.5, 0.6) is 5.75 Å². The summed E-state index contributed by atoms with van der Waals surface area (Å²) in [5.41, 5.74) is 6.02. The van der Waals surface area contributed by atoms with Crippen molar-refractivity contribution in [3.63, 3.8) is 0 Å². The van der Waals surface area contributed by atoms with E-state index in [-0.39, 0.29) is 5.75 Å². The molecule has 0 amide bonds. The van der Waals surface area contributed by atoms with Crippen molar-refractivity contribution in [3.8, 4) is 5.75 Å². The Morgan fingerprint density at radius 1 is 1.15 bits per heavy atom. The first kappa shape index (κ1) is 12.7. The first-order valence-electron chi connectivity index (χ1n) is 6.62. The van der Waals surface area contributed by atoms with Gasteiger partial charge in [0.25, 0.3) is 0 Å². The molecule has 4 nitrogen and oxygen atoms in total. The van der Waals surface area contributed by atoms with E-state index in [9.17, 15) is 5.11 Å². The van der Waals surface area contributed by atoms with Crippen molar-refractivity contribution in [3.05, 3.63) is 53.1 Å². The van der Waals surface area contributed by atoms with E-state index in [4.69, 9.17) is 0 Å². The number of fused-ring (bicyclic) bond motifs is 1. The van der Waals surface area contributed by atoms with Crippen LogP contribution < -0.4 is 0 Å². The van der Waals surface area contributed by atoms with Gasteiger partial charge in [-0.1, -0.05) is 6.07 Å². The summed E-state index contributed by atoms with van der Waals surface area (Å²) in [5.74, 6) is 0.224. The molecule has 0 unspecified atom stereocenters. The van der Waals surface area contributed by atoms with Crippen molar-refractivity contribution >= 4 is 11.0 Å². The van der Waals surface area contributed by atoms with Crippen LogP contribution >= 0.6 is 0 Å². The Kier molecular flexibility index (Phi) is 2.93. The molecule has 4 heteroatoms. The van der Waals surface area contributed by atoms with Crippen molar-refractivity contribution in [2.75, 3.05) is 0 Å². The van der Waals surface area contributed by atoms with Gasteiger partial charge >= 0.3 is 0 Å². The molecule has 3 rings (SSSR count). The highest BCUT2D eigenvalue weighted by molar-refractivity contribution is 5.79. The van der Waals surface area contributed by atoms with Crippen LogP contribution in [0.25, 0.3) is 11.0 Å². The largest absolute Gasteiger partial charge is 0.506 e. The monoisotopic (exact) mass is 267 g/mol. The van der Waals surface area contributed by atoms with Crippen LogP contribution in [-0.2, 0) is 6.54 Å². The van der Waals surface area contributed by atoms with Gasteiger partial charge in [-0.05, 0) is 50.1 Å². The predicted molar refractivity (Wildman–Crippen MR) is 78.9 cm³/mol. The summed E-state index contributed by atoms with van der Waals surface area (Å²) >= 11 is 0. The quantitative estimate of drug-likeness (QED) is 0.776. The smallest absolute Gasteiger partial charge is 0.138 e. The highest BCUT2D eigenvalue weighted by Crippen LogP contribution is 2.22. The Morgan fingerprint density at radius 2 is 1.95 bits per heavy atom. The van der Waals surface area contributed by atoms with Gasteiger partial charge in [0.1, 0.15) is 11.4 Å². The predicted octanol–water partition coefficient (Wildman–Crippen LogP) is 3.11. The van der Waals surface area contributed by atoms with E-state index in [2.05, 4.69) is 35.9 Å². The molecular weight excluding hydrogens is 250 g/mol. The summed E-state index contributed by atoms with van der Waals surface area (Å²) < 4.78 is 2.02. The Labute approximate surface area is 117 Å². The van der Waals surface area contributed by atoms with Gasteiger partial charge in [-0.25, -0.2) is 4.98 Å². The number of nitrogens with zero attached hydrogens (tertiary/aromatic N) is 3. The van der Waals surface area contributed by atoms with Crippen molar-refractivity contribution < 1.29 is 5.11 Å². The summed E-state index contributed by atoms with van der Waals surface area (Å²) in [4.78, 5) is 8.86. The van der Waals surface area contributed by atoms with E-state index < -0.39 is 0 Å². The number of aromatic hydroxyl groups is 1. The number of aromatic nitrogens is 3. The summed E-state index contributed by atoms with van der Waals surface area (Å²) in [6.07, 6.45) is 1.81. The van der Waals surface area contributed by atoms with Gasteiger partial charge in [0.2, 0.25) is 0 Å². The van der Waals surface area contributed by atoms with Crippen molar-refractivity contribution in [1.29, 1.82) is 0 Å². The molecule has 0 aliphatic heterocycles. The Morgan fingerprint density at radius 3 is 2.75 bits per heavy atom. The van der Waals surface area contributed by atoms with E-state index in [1.54, 1.807) is 18.5 Å². The highest BCUT2D eigenvalue weighted by atomic mass is 16.3. The SMILES string of the molecule is Cc1cc(C)c2ncn(Cc3nc(C)ccc3O)c2c1. The third-order valence-electron chi connectivity index (χ3n) is 3.47. The second-order valence-corrected chi connectivity index (χ2v) is 5.24. The van der Waals surface area contributed by atoms with Gasteiger partial charge in [-0.2, -0.15) is 0 Å². The Bertz CT molecular complexity index is 790. The maximum absolute atomic E-state index is 9.92. The second-order valence-electron chi connectivity index (χ2n) is 5.24. The molecule has 3 aromatic rings. The molecule has 0 spiro atoms. The minimum absolute atomic E-state index is 0.224. The standard InChI is InChI=1S/C16H17N3O/c1-10-6-11(2)16-14(7-10)19(9-17-16)8-13-15(20)5-4-12(3)18-13/h4-7,9,20H,8H2,1-3H3. The first-order chi connectivity index (χ1) is 9.54. The van der Waals surface area contributed by atoms with Gasteiger partial charge in [0, 0.05) is 5.69 Å². The highest BCUT2D eigenvalue weighted by Gasteiger charge is 2.09. The number of hydrogen-bond donors (Lipinski definition) is 1. The summed E-state index contributed by atoms with van der Waals surface area (Å²) in [7, 11) is 0. The van der Waals surface area contributed by atoms with E-state index in [0.29, 0.717) is 12.2 Å². The molecule has 0 saturated carbocycles. The zero-order valence-corrected chi connectivity index (χ0v) is 11.9. The fourth-order valence-corrected chi connectivity index (χ4v) is 2.52. The molecule has 1 aromatic carbocycles. The molecule has 0 aliphatic carbocycles. The molecule has 0 radical (unpaired) electrons. The lowest BCUT2D eigenvalue weighted by molar-refractivity contribution is 0.461. The van der Waals surface area contributed by atoms with E-state index >= 15 is 0 Å². The van der Waals surface area contributed by atoms with E-state index in [0.717, 1.165) is 16.7 Å². The van der Waals surface area contributed by atoms with Crippen LogP contribution in [0.15, 0.2) is 30.6 Å². The summed E-state index contributed by atoms with van der Waals surface area (Å²) in [6.45, 7) is 6.58. The number of imidazole rings is 1. The van der Waals surface area contributed by atoms with Gasteiger partial charge in [0.05, 0.1) is 23.9 Å². The van der Waals surface area contributed by atoms with Gasteiger partial charge in [0.15, 0.2) is 0 Å². The third-order valence-corrected chi connectivity index (χ3v) is 3.47. The summed E-state index contributed by atoms with van der Waals surface area (Å²) in [6, 6.07) is 7.73. The van der Waals surface area contributed by atoms with E-state index in [1.165, 1.54) is 11.1 Å². The zero-order chi connectivity index (χ0) is 14.3. The Hall–Kier alpha value is -2.36. The second kappa shape index (κ2) is 4.63. The molecule has 0 bridgehead atoms. The average Bonchev–Trinajstić information content (AvgIpc) is 2.77. The van der Waals surface area contributed by atoms with E-state index in [1.807, 2.05) is 11.5 Å². The number of benzene rings is 1. The molecule has 0 fully saturated rings. The number of hydrogen-bond acceptors (Lipinski definition) is 3. The molecule has 0 saturated heterocycles. The summed E-state index contributed by atoms with van der Waals surface area (Å²) in [5, 5.41) is 9.92. The zero-order valence-electron chi connectivity index (χ0n) is 11.9. The van der Waals surface area contributed by atoms with Crippen LogP contribution in [0, 0.1) is 20.8 Å². The maximum atomic E-state index is 9.92. The lowest BCUT2D eigenvalue weighted by Gasteiger charge is -2.08. The molecule has 102 valence electrons. The van der Waals surface area contributed by atoms with Crippen molar-refractivity contribution in [2.24, 2.45) is 0 Å². The molecule has 0 atom stereocenters. The van der Waals surface area contributed by atoms with Crippen LogP contribution in [0.3, 0.4) is 0 Å².